The fourth-order valence-electron chi connectivity index (χ4n) is 3.47. The predicted molar refractivity (Wildman–Crippen MR) is 91.8 cm³/mol. The molecule has 0 bridgehead atoms. The lowest BCUT2D eigenvalue weighted by atomic mass is 9.95. The van der Waals surface area contributed by atoms with Crippen molar-refractivity contribution in [3.05, 3.63) is 35.4 Å². The minimum atomic E-state index is 0.00737. The number of aryl methyl sites for hydroxylation is 1. The lowest BCUT2D eigenvalue weighted by molar-refractivity contribution is -0.126. The van der Waals surface area contributed by atoms with Gasteiger partial charge in [-0.2, -0.15) is 0 Å². The molecule has 0 saturated carbocycles. The molecule has 0 aromatic heterocycles. The van der Waals surface area contributed by atoms with E-state index < -0.39 is 0 Å². The molecule has 0 radical (unpaired) electrons. The van der Waals surface area contributed by atoms with Gasteiger partial charge in [0, 0.05) is 37.7 Å². The number of benzene rings is 1. The maximum absolute atomic E-state index is 12.5. The van der Waals surface area contributed by atoms with Crippen molar-refractivity contribution in [3.8, 4) is 0 Å². The van der Waals surface area contributed by atoms with E-state index in [1.54, 1.807) is 0 Å². The van der Waals surface area contributed by atoms with E-state index in [1.165, 1.54) is 0 Å². The topological polar surface area (TPSA) is 58.6 Å². The van der Waals surface area contributed by atoms with Gasteiger partial charge in [-0.25, -0.2) is 0 Å². The quantitative estimate of drug-likeness (QED) is 0.920. The number of carbonyl (C=O) groups is 2. The van der Waals surface area contributed by atoms with E-state index in [9.17, 15) is 9.59 Å². The minimum Gasteiger partial charge on any atom is -0.376 e. The summed E-state index contributed by atoms with van der Waals surface area (Å²) in [4.78, 5) is 26.7. The van der Waals surface area contributed by atoms with Gasteiger partial charge in [-0.05, 0) is 44.7 Å². The van der Waals surface area contributed by atoms with Crippen molar-refractivity contribution in [2.45, 2.75) is 38.7 Å². The van der Waals surface area contributed by atoms with E-state index >= 15 is 0 Å². The Morgan fingerprint density at radius 1 is 1.25 bits per heavy atom. The zero-order valence-corrected chi connectivity index (χ0v) is 14.3. The molecule has 0 spiro atoms. The number of nitrogens with one attached hydrogen (secondary N) is 1. The van der Waals surface area contributed by atoms with Crippen LogP contribution in [0.15, 0.2) is 24.3 Å². The van der Waals surface area contributed by atoms with Crippen LogP contribution in [-0.4, -0.2) is 49.1 Å². The number of piperidine rings is 1. The first-order valence-electron chi connectivity index (χ1n) is 8.89. The van der Waals surface area contributed by atoms with E-state index in [4.69, 9.17) is 4.74 Å². The molecular formula is C19H26N2O3. The fourth-order valence-corrected chi connectivity index (χ4v) is 3.47. The van der Waals surface area contributed by atoms with Gasteiger partial charge in [0.25, 0.3) is 5.91 Å². The largest absolute Gasteiger partial charge is 0.376 e. The van der Waals surface area contributed by atoms with E-state index in [0.717, 1.165) is 43.4 Å². The summed E-state index contributed by atoms with van der Waals surface area (Å²) >= 11 is 0. The first kappa shape index (κ1) is 17.0. The molecule has 24 heavy (non-hydrogen) atoms. The number of ether oxygens (including phenoxy) is 1. The van der Waals surface area contributed by atoms with E-state index in [1.807, 2.05) is 36.1 Å². The van der Waals surface area contributed by atoms with Crippen LogP contribution in [0.3, 0.4) is 0 Å². The first-order chi connectivity index (χ1) is 11.6. The number of likely N-dealkylation sites (tertiary alicyclic amines) is 1. The molecule has 5 heteroatoms. The Morgan fingerprint density at radius 3 is 2.71 bits per heavy atom. The number of nitrogens with zero attached hydrogens (tertiary/aromatic N) is 1. The monoisotopic (exact) mass is 330 g/mol. The number of carbonyl (C=O) groups excluding carboxylic acids is 2. The van der Waals surface area contributed by atoms with Crippen LogP contribution in [0.1, 0.15) is 41.6 Å². The fraction of sp³-hybridized carbons (Fsp3) is 0.579. The second-order valence-electron chi connectivity index (χ2n) is 6.82. The van der Waals surface area contributed by atoms with Crippen LogP contribution in [0.4, 0.5) is 0 Å². The molecule has 1 N–H and O–H groups in total. The molecule has 1 unspecified atom stereocenters. The molecule has 2 heterocycles. The molecule has 2 fully saturated rings. The maximum Gasteiger partial charge on any atom is 0.253 e. The Bertz CT molecular complexity index is 588. The second-order valence-corrected chi connectivity index (χ2v) is 6.82. The lowest BCUT2D eigenvalue weighted by Crippen LogP contribution is -2.44. The van der Waals surface area contributed by atoms with Gasteiger partial charge in [0.2, 0.25) is 5.91 Å². The third kappa shape index (κ3) is 4.15. The van der Waals surface area contributed by atoms with Crippen LogP contribution in [0.2, 0.25) is 0 Å². The molecule has 1 aromatic carbocycles. The summed E-state index contributed by atoms with van der Waals surface area (Å²) in [6.45, 7) is 4.69. The average molecular weight is 330 g/mol. The van der Waals surface area contributed by atoms with Crippen LogP contribution in [0, 0.1) is 12.8 Å². The number of rotatable bonds is 4. The van der Waals surface area contributed by atoms with Crippen molar-refractivity contribution in [3.63, 3.8) is 0 Å². The summed E-state index contributed by atoms with van der Waals surface area (Å²) in [7, 11) is 0. The Labute approximate surface area is 143 Å². The lowest BCUT2D eigenvalue weighted by Gasteiger charge is -2.31. The van der Waals surface area contributed by atoms with Crippen LogP contribution in [0.25, 0.3) is 0 Å². The zero-order valence-electron chi connectivity index (χ0n) is 14.3. The van der Waals surface area contributed by atoms with Gasteiger partial charge in [0.15, 0.2) is 0 Å². The SMILES string of the molecule is Cc1cccc(C(=O)N2CCC(C(=O)NCC3CCCO3)CC2)c1. The molecule has 130 valence electrons. The van der Waals surface area contributed by atoms with Gasteiger partial charge in [-0.1, -0.05) is 17.7 Å². The molecule has 2 amide bonds. The highest BCUT2D eigenvalue weighted by atomic mass is 16.5. The molecule has 0 aliphatic carbocycles. The molecule has 2 saturated heterocycles. The van der Waals surface area contributed by atoms with E-state index in [-0.39, 0.29) is 23.8 Å². The highest BCUT2D eigenvalue weighted by Crippen LogP contribution is 2.20. The maximum atomic E-state index is 12.5. The molecular weight excluding hydrogens is 304 g/mol. The third-order valence-electron chi connectivity index (χ3n) is 4.95. The molecule has 2 aliphatic rings. The zero-order chi connectivity index (χ0) is 16.9. The predicted octanol–water partition coefficient (Wildman–Crippen LogP) is 2.14. The molecule has 2 aliphatic heterocycles. The summed E-state index contributed by atoms with van der Waals surface area (Å²) in [5.41, 5.74) is 1.82. The summed E-state index contributed by atoms with van der Waals surface area (Å²) in [5, 5.41) is 3.01. The molecule has 5 nitrogen and oxygen atoms in total. The second kappa shape index (κ2) is 7.79. The van der Waals surface area contributed by atoms with Crippen LogP contribution < -0.4 is 5.32 Å². The van der Waals surface area contributed by atoms with Crippen molar-refractivity contribution in [1.29, 1.82) is 0 Å². The summed E-state index contributed by atoms with van der Waals surface area (Å²) in [6.07, 6.45) is 3.75. The number of hydrogen-bond acceptors (Lipinski definition) is 3. The summed E-state index contributed by atoms with van der Waals surface area (Å²) < 4.78 is 5.53. The summed E-state index contributed by atoms with van der Waals surface area (Å²) in [6, 6.07) is 7.67. The van der Waals surface area contributed by atoms with Crippen LogP contribution in [0.5, 0.6) is 0 Å². The van der Waals surface area contributed by atoms with Crippen molar-refractivity contribution in [1.82, 2.24) is 10.2 Å². The van der Waals surface area contributed by atoms with E-state index in [0.29, 0.717) is 19.6 Å². The smallest absolute Gasteiger partial charge is 0.253 e. The Balaban J connectivity index is 1.46. The van der Waals surface area contributed by atoms with Gasteiger partial charge in [-0.3, -0.25) is 9.59 Å². The van der Waals surface area contributed by atoms with Crippen molar-refractivity contribution in [2.24, 2.45) is 5.92 Å². The van der Waals surface area contributed by atoms with Crippen molar-refractivity contribution < 1.29 is 14.3 Å². The number of hydrogen-bond donors (Lipinski definition) is 1. The molecule has 3 rings (SSSR count). The van der Waals surface area contributed by atoms with Gasteiger partial charge in [-0.15, -0.1) is 0 Å². The Kier molecular flexibility index (Phi) is 5.51. The van der Waals surface area contributed by atoms with Crippen molar-refractivity contribution in [2.75, 3.05) is 26.2 Å². The molecule has 1 aromatic rings. The number of amides is 2. The average Bonchev–Trinajstić information content (AvgIpc) is 3.13. The van der Waals surface area contributed by atoms with E-state index in [2.05, 4.69) is 5.32 Å². The Morgan fingerprint density at radius 2 is 2.04 bits per heavy atom. The van der Waals surface area contributed by atoms with Gasteiger partial charge in [0.1, 0.15) is 0 Å². The van der Waals surface area contributed by atoms with Gasteiger partial charge < -0.3 is 15.0 Å². The molecule has 1 atom stereocenters. The van der Waals surface area contributed by atoms with Crippen LogP contribution in [-0.2, 0) is 9.53 Å². The normalized spacial score (nSPS) is 21.7. The van der Waals surface area contributed by atoms with Gasteiger partial charge in [0.05, 0.1) is 6.10 Å². The highest BCUT2D eigenvalue weighted by molar-refractivity contribution is 5.94. The third-order valence-corrected chi connectivity index (χ3v) is 4.95. The van der Waals surface area contributed by atoms with Gasteiger partial charge >= 0.3 is 0 Å². The standard InChI is InChI=1S/C19H26N2O3/c1-14-4-2-5-16(12-14)19(23)21-9-7-15(8-10-21)18(22)20-13-17-6-3-11-24-17/h2,4-5,12,15,17H,3,6-11,13H2,1H3,(H,20,22). The summed E-state index contributed by atoms with van der Waals surface area (Å²) in [5.74, 6) is 0.179. The highest BCUT2D eigenvalue weighted by Gasteiger charge is 2.28. The minimum absolute atomic E-state index is 0.00737. The Hall–Kier alpha value is -1.88. The van der Waals surface area contributed by atoms with Crippen LogP contribution >= 0.6 is 0 Å². The first-order valence-corrected chi connectivity index (χ1v) is 8.89. The van der Waals surface area contributed by atoms with Crippen molar-refractivity contribution >= 4 is 11.8 Å².